The lowest BCUT2D eigenvalue weighted by Gasteiger charge is -2.04. The Balaban J connectivity index is 1.85. The molecule has 2 aromatic heterocycles. The minimum Gasteiger partial charge on any atom is -0.462 e. The molecule has 1 N–H and O–H groups in total. The average Bonchev–Trinajstić information content (AvgIpc) is 2.89. The van der Waals surface area contributed by atoms with Gasteiger partial charge in [-0.3, -0.25) is 5.32 Å². The van der Waals surface area contributed by atoms with Crippen LogP contribution in [0, 0.1) is 0 Å². The van der Waals surface area contributed by atoms with Crippen molar-refractivity contribution in [3.8, 4) is 0 Å². The summed E-state index contributed by atoms with van der Waals surface area (Å²) in [5.74, 6) is 0.0282. The van der Waals surface area contributed by atoms with E-state index in [0.29, 0.717) is 34.1 Å². The fraction of sp³-hybridized carbons (Fsp3) is 0.133. The second-order valence-corrected chi connectivity index (χ2v) is 4.84. The number of fused-ring (bicyclic) bond motifs is 1. The van der Waals surface area contributed by atoms with Crippen molar-refractivity contribution in [2.24, 2.45) is 0 Å². The van der Waals surface area contributed by atoms with E-state index in [0.717, 1.165) is 0 Å². The van der Waals surface area contributed by atoms with Gasteiger partial charge in [-0.2, -0.15) is 4.98 Å². The molecule has 0 aliphatic carbocycles. The van der Waals surface area contributed by atoms with Gasteiger partial charge in [0.2, 0.25) is 0 Å². The summed E-state index contributed by atoms with van der Waals surface area (Å²) < 4.78 is 10.5. The molecule has 0 spiro atoms. The van der Waals surface area contributed by atoms with Crippen molar-refractivity contribution in [3.05, 3.63) is 47.1 Å². The average molecular weight is 318 g/mol. The van der Waals surface area contributed by atoms with Crippen LogP contribution in [0.1, 0.15) is 17.3 Å². The zero-order chi connectivity index (χ0) is 15.5. The van der Waals surface area contributed by atoms with Crippen LogP contribution in [0.4, 0.5) is 11.8 Å². The van der Waals surface area contributed by atoms with Crippen molar-refractivity contribution < 1.29 is 13.9 Å². The quantitative estimate of drug-likeness (QED) is 0.737. The minimum atomic E-state index is -0.405. The van der Waals surface area contributed by atoms with Gasteiger partial charge in [0, 0.05) is 11.2 Å². The van der Waals surface area contributed by atoms with Gasteiger partial charge in [-0.25, -0.2) is 9.78 Å². The lowest BCUT2D eigenvalue weighted by molar-refractivity contribution is 0.0526. The van der Waals surface area contributed by atoms with Crippen LogP contribution in [0.2, 0.25) is 5.02 Å². The van der Waals surface area contributed by atoms with Gasteiger partial charge in [0.25, 0.3) is 0 Å². The van der Waals surface area contributed by atoms with Gasteiger partial charge in [0.1, 0.15) is 11.3 Å². The summed E-state index contributed by atoms with van der Waals surface area (Å²) in [7, 11) is 0. The Labute approximate surface area is 131 Å². The number of hydrogen-bond acceptors (Lipinski definition) is 6. The number of oxazole rings is 1. The fourth-order valence-corrected chi connectivity index (χ4v) is 2.07. The number of pyridine rings is 1. The van der Waals surface area contributed by atoms with Gasteiger partial charge in [-0.1, -0.05) is 11.6 Å². The Morgan fingerprint density at radius 1 is 1.36 bits per heavy atom. The maximum Gasteiger partial charge on any atom is 0.338 e. The maximum atomic E-state index is 11.7. The molecule has 0 unspecified atom stereocenters. The van der Waals surface area contributed by atoms with E-state index in [1.165, 1.54) is 6.20 Å². The summed E-state index contributed by atoms with van der Waals surface area (Å²) in [6.07, 6.45) is 1.51. The highest BCUT2D eigenvalue weighted by atomic mass is 35.5. The van der Waals surface area contributed by atoms with Crippen molar-refractivity contribution in [2.75, 3.05) is 11.9 Å². The predicted molar refractivity (Wildman–Crippen MR) is 82.5 cm³/mol. The van der Waals surface area contributed by atoms with Crippen LogP contribution >= 0.6 is 11.6 Å². The molecule has 112 valence electrons. The highest BCUT2D eigenvalue weighted by Gasteiger charge is 2.10. The Morgan fingerprint density at radius 2 is 2.23 bits per heavy atom. The van der Waals surface area contributed by atoms with Gasteiger partial charge in [-0.15, -0.1) is 0 Å². The first-order chi connectivity index (χ1) is 10.7. The number of ether oxygens (including phenoxy) is 1. The molecule has 3 aromatic rings. The van der Waals surface area contributed by atoms with Crippen LogP contribution in [0.25, 0.3) is 11.1 Å². The monoisotopic (exact) mass is 317 g/mol. The van der Waals surface area contributed by atoms with Crippen LogP contribution in [-0.2, 0) is 4.74 Å². The normalized spacial score (nSPS) is 10.6. The van der Waals surface area contributed by atoms with E-state index in [9.17, 15) is 4.79 Å². The van der Waals surface area contributed by atoms with Crippen LogP contribution in [-0.4, -0.2) is 22.5 Å². The molecule has 2 heterocycles. The first kappa shape index (κ1) is 14.3. The molecule has 1 aromatic carbocycles. The highest BCUT2D eigenvalue weighted by molar-refractivity contribution is 6.31. The largest absolute Gasteiger partial charge is 0.462 e. The molecular formula is C15H12ClN3O3. The molecule has 7 heteroatoms. The lowest BCUT2D eigenvalue weighted by Crippen LogP contribution is -2.05. The molecule has 0 aliphatic rings. The zero-order valence-corrected chi connectivity index (χ0v) is 12.4. The number of benzene rings is 1. The van der Waals surface area contributed by atoms with Crippen molar-refractivity contribution in [3.63, 3.8) is 0 Å². The van der Waals surface area contributed by atoms with Crippen LogP contribution < -0.4 is 5.32 Å². The van der Waals surface area contributed by atoms with E-state index in [1.807, 2.05) is 0 Å². The fourth-order valence-electron chi connectivity index (χ4n) is 1.90. The number of esters is 1. The number of carbonyl (C=O) groups is 1. The molecule has 3 rings (SSSR count). The molecule has 0 saturated carbocycles. The molecule has 0 saturated heterocycles. The molecule has 0 atom stereocenters. The molecule has 6 nitrogen and oxygen atoms in total. The van der Waals surface area contributed by atoms with Crippen LogP contribution in [0.3, 0.4) is 0 Å². The van der Waals surface area contributed by atoms with Crippen LogP contribution in [0.15, 0.2) is 40.9 Å². The summed E-state index contributed by atoms with van der Waals surface area (Å²) in [6.45, 7) is 2.07. The summed E-state index contributed by atoms with van der Waals surface area (Å²) in [4.78, 5) is 20.1. The second-order valence-electron chi connectivity index (χ2n) is 4.41. The Hall–Kier alpha value is -2.60. The number of carbonyl (C=O) groups excluding carboxylic acids is 1. The minimum absolute atomic E-state index is 0.269. The van der Waals surface area contributed by atoms with Crippen molar-refractivity contribution in [2.45, 2.75) is 6.92 Å². The molecule has 22 heavy (non-hydrogen) atoms. The first-order valence-corrected chi connectivity index (χ1v) is 7.00. The summed E-state index contributed by atoms with van der Waals surface area (Å²) in [6, 6.07) is 8.57. The van der Waals surface area contributed by atoms with E-state index in [4.69, 9.17) is 20.8 Å². The van der Waals surface area contributed by atoms with Crippen molar-refractivity contribution in [1.82, 2.24) is 9.97 Å². The smallest absolute Gasteiger partial charge is 0.338 e. The zero-order valence-electron chi connectivity index (χ0n) is 11.7. The van der Waals surface area contributed by atoms with Crippen LogP contribution in [0.5, 0.6) is 0 Å². The summed E-state index contributed by atoms with van der Waals surface area (Å²) in [5, 5.41) is 3.49. The number of rotatable bonds is 4. The SMILES string of the molecule is CCOC(=O)c1ccnc(Nc2nc3cc(Cl)ccc3o2)c1. The Bertz CT molecular complexity index is 832. The van der Waals surface area contributed by atoms with Gasteiger partial charge in [0.15, 0.2) is 5.58 Å². The number of aromatic nitrogens is 2. The molecular weight excluding hydrogens is 306 g/mol. The molecule has 0 amide bonds. The maximum absolute atomic E-state index is 11.7. The summed E-state index contributed by atoms with van der Waals surface area (Å²) >= 11 is 5.91. The first-order valence-electron chi connectivity index (χ1n) is 6.62. The van der Waals surface area contributed by atoms with E-state index < -0.39 is 5.97 Å². The third-order valence-electron chi connectivity index (χ3n) is 2.86. The van der Waals surface area contributed by atoms with Gasteiger partial charge >= 0.3 is 12.0 Å². The van der Waals surface area contributed by atoms with Crippen molar-refractivity contribution >= 4 is 40.5 Å². The summed E-state index contributed by atoms with van der Waals surface area (Å²) in [5.41, 5.74) is 1.64. The highest BCUT2D eigenvalue weighted by Crippen LogP contribution is 2.24. The topological polar surface area (TPSA) is 77.2 Å². The Morgan fingerprint density at radius 3 is 3.05 bits per heavy atom. The van der Waals surface area contributed by atoms with Crippen molar-refractivity contribution in [1.29, 1.82) is 0 Å². The molecule has 0 aliphatic heterocycles. The number of nitrogens with zero attached hydrogens (tertiary/aromatic N) is 2. The number of anilines is 2. The van der Waals surface area contributed by atoms with Gasteiger partial charge in [0.05, 0.1) is 12.2 Å². The van der Waals surface area contributed by atoms with E-state index >= 15 is 0 Å². The molecule has 0 bridgehead atoms. The van der Waals surface area contributed by atoms with Gasteiger partial charge < -0.3 is 9.15 Å². The Kier molecular flexibility index (Phi) is 3.93. The standard InChI is InChI=1S/C15H12ClN3O3/c1-2-21-14(20)9-5-6-17-13(7-9)19-15-18-11-8-10(16)3-4-12(11)22-15/h3-8H,2H2,1H3,(H,17,18,19). The second kappa shape index (κ2) is 6.03. The number of nitrogens with one attached hydrogen (secondary N) is 1. The third kappa shape index (κ3) is 3.01. The van der Waals surface area contributed by atoms with Gasteiger partial charge in [-0.05, 0) is 37.3 Å². The molecule has 0 radical (unpaired) electrons. The predicted octanol–water partition coefficient (Wildman–Crippen LogP) is 3.80. The number of hydrogen-bond donors (Lipinski definition) is 1. The van der Waals surface area contributed by atoms with E-state index in [-0.39, 0.29) is 6.01 Å². The van der Waals surface area contributed by atoms with E-state index in [2.05, 4.69) is 15.3 Å². The number of halogens is 1. The van der Waals surface area contributed by atoms with E-state index in [1.54, 1.807) is 37.3 Å². The lowest BCUT2D eigenvalue weighted by atomic mass is 10.2. The molecule has 0 fully saturated rings. The third-order valence-corrected chi connectivity index (χ3v) is 3.09.